The van der Waals surface area contributed by atoms with E-state index in [1.807, 2.05) is 0 Å². The molecule has 2 N–H and O–H groups in total. The zero-order chi connectivity index (χ0) is 24.2. The summed E-state index contributed by atoms with van der Waals surface area (Å²) in [5.41, 5.74) is 2.30. The lowest BCUT2D eigenvalue weighted by molar-refractivity contribution is -0.115. The Morgan fingerprint density at radius 3 is 2.44 bits per heavy atom. The Hall–Kier alpha value is -3.98. The fraction of sp³-hybridized carbons (Fsp3) is 0.120. The van der Waals surface area contributed by atoms with E-state index in [9.17, 15) is 23.6 Å². The fourth-order valence-corrected chi connectivity index (χ4v) is 4.16. The molecular formula is C25H20FN3O4S. The molecule has 3 aromatic rings. The molecule has 1 heterocycles. The highest BCUT2D eigenvalue weighted by Gasteiger charge is 2.27. The van der Waals surface area contributed by atoms with Gasteiger partial charge in [0, 0.05) is 21.7 Å². The molecule has 0 spiro atoms. The van der Waals surface area contributed by atoms with Crippen LogP contribution in [0.5, 0.6) is 0 Å². The molecule has 3 aromatic carbocycles. The van der Waals surface area contributed by atoms with Crippen molar-refractivity contribution in [3.05, 3.63) is 83.7 Å². The number of ketones is 1. The van der Waals surface area contributed by atoms with Crippen LogP contribution in [-0.2, 0) is 9.59 Å². The smallest absolute Gasteiger partial charge is 0.258 e. The third-order valence-corrected chi connectivity index (χ3v) is 6.18. The predicted molar refractivity (Wildman–Crippen MR) is 129 cm³/mol. The molecule has 0 fully saturated rings. The third-order valence-electron chi connectivity index (χ3n) is 5.13. The second kappa shape index (κ2) is 9.88. The maximum atomic E-state index is 14.1. The summed E-state index contributed by atoms with van der Waals surface area (Å²) in [6.07, 6.45) is 0. The van der Waals surface area contributed by atoms with E-state index in [-0.39, 0.29) is 46.3 Å². The number of carbonyl (C=O) groups is 4. The van der Waals surface area contributed by atoms with E-state index in [1.54, 1.807) is 48.5 Å². The Balaban J connectivity index is 1.38. The van der Waals surface area contributed by atoms with Crippen LogP contribution in [0.15, 0.2) is 71.6 Å². The van der Waals surface area contributed by atoms with Gasteiger partial charge in [-0.05, 0) is 55.5 Å². The van der Waals surface area contributed by atoms with E-state index in [0.717, 1.165) is 17.8 Å². The van der Waals surface area contributed by atoms with Crippen molar-refractivity contribution in [3.63, 3.8) is 0 Å². The fourth-order valence-electron chi connectivity index (χ4n) is 3.44. The number of hydrogen-bond acceptors (Lipinski definition) is 5. The second-order valence-corrected chi connectivity index (χ2v) is 8.59. The number of halogens is 1. The molecule has 9 heteroatoms. The lowest BCUT2D eigenvalue weighted by Gasteiger charge is -2.29. The maximum absolute atomic E-state index is 14.1. The molecule has 172 valence electrons. The second-order valence-electron chi connectivity index (χ2n) is 7.57. The molecular weight excluding hydrogens is 457 g/mol. The van der Waals surface area contributed by atoms with E-state index in [4.69, 9.17) is 0 Å². The number of thioether (sulfide) groups is 1. The molecule has 0 aromatic heterocycles. The van der Waals surface area contributed by atoms with Crippen molar-refractivity contribution < 1.29 is 23.6 Å². The lowest BCUT2D eigenvalue weighted by atomic mass is 10.1. The van der Waals surface area contributed by atoms with Crippen LogP contribution in [-0.4, -0.2) is 35.8 Å². The monoisotopic (exact) mass is 477 g/mol. The number of anilines is 3. The Morgan fingerprint density at radius 1 is 1.03 bits per heavy atom. The van der Waals surface area contributed by atoms with Crippen LogP contribution in [0.1, 0.15) is 27.6 Å². The summed E-state index contributed by atoms with van der Waals surface area (Å²) >= 11 is 1.02. The number of carbonyl (C=O) groups excluding carboxylic acids is 4. The Morgan fingerprint density at radius 2 is 1.74 bits per heavy atom. The first-order valence-electron chi connectivity index (χ1n) is 10.4. The minimum absolute atomic E-state index is 0.0311. The van der Waals surface area contributed by atoms with Crippen LogP contribution in [0.2, 0.25) is 0 Å². The van der Waals surface area contributed by atoms with Crippen LogP contribution in [0.25, 0.3) is 0 Å². The molecule has 1 aliphatic rings. The third kappa shape index (κ3) is 5.15. The molecule has 0 atom stereocenters. The summed E-state index contributed by atoms with van der Waals surface area (Å²) in [6.45, 7) is 1.27. The van der Waals surface area contributed by atoms with Crippen molar-refractivity contribution >= 4 is 52.3 Å². The van der Waals surface area contributed by atoms with Gasteiger partial charge in [-0.15, -0.1) is 11.8 Å². The molecule has 0 saturated heterocycles. The molecule has 0 bridgehead atoms. The quantitative estimate of drug-likeness (QED) is 0.406. The first-order valence-corrected chi connectivity index (χ1v) is 11.3. The van der Waals surface area contributed by atoms with Gasteiger partial charge in [-0.2, -0.15) is 0 Å². The van der Waals surface area contributed by atoms with Gasteiger partial charge in [-0.3, -0.25) is 24.1 Å². The summed E-state index contributed by atoms with van der Waals surface area (Å²) in [5.74, 6) is -1.78. The normalized spacial score (nSPS) is 12.5. The number of benzene rings is 3. The number of fused-ring (bicyclic) bond motifs is 1. The van der Waals surface area contributed by atoms with Crippen LogP contribution in [0.4, 0.5) is 21.5 Å². The van der Waals surface area contributed by atoms with Crippen LogP contribution >= 0.6 is 11.8 Å². The van der Waals surface area contributed by atoms with Crippen molar-refractivity contribution in [3.8, 4) is 0 Å². The van der Waals surface area contributed by atoms with Gasteiger partial charge in [0.05, 0.1) is 17.1 Å². The first-order chi connectivity index (χ1) is 16.3. The van der Waals surface area contributed by atoms with Crippen molar-refractivity contribution in [1.82, 2.24) is 0 Å². The number of amides is 3. The van der Waals surface area contributed by atoms with E-state index < -0.39 is 5.82 Å². The largest absolute Gasteiger partial charge is 0.325 e. The highest BCUT2D eigenvalue weighted by atomic mass is 32.2. The molecule has 0 radical (unpaired) electrons. The first kappa shape index (κ1) is 23.2. The molecule has 34 heavy (non-hydrogen) atoms. The minimum Gasteiger partial charge on any atom is -0.325 e. The number of nitrogens with zero attached hydrogens (tertiary/aromatic N) is 1. The predicted octanol–water partition coefficient (Wildman–Crippen LogP) is 4.36. The van der Waals surface area contributed by atoms with Gasteiger partial charge in [-0.1, -0.05) is 18.2 Å². The zero-order valence-corrected chi connectivity index (χ0v) is 18.9. The number of nitrogens with one attached hydrogen (secondary N) is 2. The van der Waals surface area contributed by atoms with E-state index in [1.165, 1.54) is 24.0 Å². The van der Waals surface area contributed by atoms with Gasteiger partial charge in [0.25, 0.3) is 5.91 Å². The molecule has 0 saturated carbocycles. The number of para-hydroxylation sites is 2. The van der Waals surface area contributed by atoms with Crippen molar-refractivity contribution in [2.24, 2.45) is 0 Å². The minimum atomic E-state index is -0.554. The molecule has 0 aliphatic carbocycles. The summed E-state index contributed by atoms with van der Waals surface area (Å²) in [6, 6.07) is 17.5. The lowest BCUT2D eigenvalue weighted by Crippen LogP contribution is -2.42. The number of hydrogen-bond donors (Lipinski definition) is 2. The Kier molecular flexibility index (Phi) is 6.74. The van der Waals surface area contributed by atoms with Crippen LogP contribution in [0.3, 0.4) is 0 Å². The summed E-state index contributed by atoms with van der Waals surface area (Å²) < 4.78 is 14.1. The SMILES string of the molecule is CC(=O)c1ccc(SCC(=O)Nc2ccc(C(=O)N3CC(=O)Nc4ccccc43)cc2)c(F)c1. The van der Waals surface area contributed by atoms with Gasteiger partial charge >= 0.3 is 0 Å². The van der Waals surface area contributed by atoms with Crippen LogP contribution in [0, 0.1) is 5.82 Å². The van der Waals surface area contributed by atoms with Crippen LogP contribution < -0.4 is 15.5 Å². The summed E-state index contributed by atoms with van der Waals surface area (Å²) in [5, 5.41) is 5.45. The summed E-state index contributed by atoms with van der Waals surface area (Å²) in [7, 11) is 0. The van der Waals surface area contributed by atoms with E-state index in [0.29, 0.717) is 22.6 Å². The van der Waals surface area contributed by atoms with Crippen molar-refractivity contribution in [2.45, 2.75) is 11.8 Å². The van der Waals surface area contributed by atoms with E-state index in [2.05, 4.69) is 10.6 Å². The Bertz CT molecular complexity index is 1290. The Labute approximate surface area is 199 Å². The van der Waals surface area contributed by atoms with Crippen molar-refractivity contribution in [1.29, 1.82) is 0 Å². The maximum Gasteiger partial charge on any atom is 0.258 e. The standard InChI is InChI=1S/C25H20FN3O4S/c1-15(30)17-8-11-22(19(26)12-17)34-14-24(32)27-18-9-6-16(7-10-18)25(33)29-13-23(31)28-20-4-2-3-5-21(20)29/h2-12H,13-14H2,1H3,(H,27,32)(H,28,31). The van der Waals surface area contributed by atoms with Gasteiger partial charge in [0.15, 0.2) is 5.78 Å². The molecule has 1 aliphatic heterocycles. The highest BCUT2D eigenvalue weighted by molar-refractivity contribution is 8.00. The topological polar surface area (TPSA) is 95.6 Å². The van der Waals surface area contributed by atoms with Gasteiger partial charge < -0.3 is 10.6 Å². The average Bonchev–Trinajstić information content (AvgIpc) is 2.82. The van der Waals surface area contributed by atoms with Gasteiger partial charge in [-0.25, -0.2) is 4.39 Å². The molecule has 3 amide bonds. The van der Waals surface area contributed by atoms with Gasteiger partial charge in [0.1, 0.15) is 12.4 Å². The van der Waals surface area contributed by atoms with Crippen molar-refractivity contribution in [2.75, 3.05) is 27.8 Å². The average molecular weight is 478 g/mol. The molecule has 0 unspecified atom stereocenters. The van der Waals surface area contributed by atoms with E-state index >= 15 is 0 Å². The zero-order valence-electron chi connectivity index (χ0n) is 18.1. The summed E-state index contributed by atoms with van der Waals surface area (Å²) in [4.78, 5) is 50.3. The number of Topliss-reactive ketones (excluding diaryl/α,β-unsaturated/α-hetero) is 1. The highest BCUT2D eigenvalue weighted by Crippen LogP contribution is 2.30. The molecule has 7 nitrogen and oxygen atoms in total. The van der Waals surface area contributed by atoms with Gasteiger partial charge in [0.2, 0.25) is 11.8 Å². The number of rotatable bonds is 6. The molecule has 4 rings (SSSR count).